The summed E-state index contributed by atoms with van der Waals surface area (Å²) in [5.41, 5.74) is 5.79. The van der Waals surface area contributed by atoms with Crippen molar-refractivity contribution in [3.05, 3.63) is 22.2 Å². The molecular weight excluding hydrogens is 331 g/mol. The average Bonchev–Trinajstić information content (AvgIpc) is 3.05. The van der Waals surface area contributed by atoms with Crippen LogP contribution in [0, 0.1) is 17.8 Å². The number of benzene rings is 1. The van der Waals surface area contributed by atoms with Gasteiger partial charge in [-0.1, -0.05) is 29.6 Å². The Morgan fingerprint density at radius 3 is 2.62 bits per heavy atom. The SMILES string of the molecule is Nc1c(Cl)ccc(S(=O)(=O)NCC2CC3CCC2C3)c1Cl. The van der Waals surface area contributed by atoms with Crippen LogP contribution in [0.5, 0.6) is 0 Å². The highest BCUT2D eigenvalue weighted by atomic mass is 35.5. The molecule has 2 fully saturated rings. The molecule has 0 aromatic heterocycles. The van der Waals surface area contributed by atoms with E-state index in [1.807, 2.05) is 0 Å². The molecule has 116 valence electrons. The zero-order valence-corrected chi connectivity index (χ0v) is 13.8. The van der Waals surface area contributed by atoms with Gasteiger partial charge in [-0.15, -0.1) is 0 Å². The van der Waals surface area contributed by atoms with E-state index in [1.54, 1.807) is 0 Å². The summed E-state index contributed by atoms with van der Waals surface area (Å²) in [6, 6.07) is 2.85. The van der Waals surface area contributed by atoms with Gasteiger partial charge in [-0.25, -0.2) is 13.1 Å². The Morgan fingerprint density at radius 2 is 2.00 bits per heavy atom. The number of nitrogen functional groups attached to an aromatic ring is 1. The maximum Gasteiger partial charge on any atom is 0.242 e. The van der Waals surface area contributed by atoms with E-state index < -0.39 is 10.0 Å². The topological polar surface area (TPSA) is 72.2 Å². The van der Waals surface area contributed by atoms with Crippen molar-refractivity contribution in [2.45, 2.75) is 30.6 Å². The Morgan fingerprint density at radius 1 is 1.24 bits per heavy atom. The second-order valence-electron chi connectivity index (χ2n) is 6.06. The summed E-state index contributed by atoms with van der Waals surface area (Å²) < 4.78 is 27.4. The van der Waals surface area contributed by atoms with Gasteiger partial charge >= 0.3 is 0 Å². The van der Waals surface area contributed by atoms with Crippen molar-refractivity contribution in [1.82, 2.24) is 4.72 Å². The Hall–Kier alpha value is -0.490. The van der Waals surface area contributed by atoms with Crippen molar-refractivity contribution in [1.29, 1.82) is 0 Å². The second-order valence-corrected chi connectivity index (χ2v) is 8.58. The van der Waals surface area contributed by atoms with Gasteiger partial charge < -0.3 is 5.73 Å². The van der Waals surface area contributed by atoms with Gasteiger partial charge in [-0.05, 0) is 49.1 Å². The van der Waals surface area contributed by atoms with Crippen molar-refractivity contribution in [3.63, 3.8) is 0 Å². The van der Waals surface area contributed by atoms with E-state index in [4.69, 9.17) is 28.9 Å². The van der Waals surface area contributed by atoms with E-state index in [2.05, 4.69) is 4.72 Å². The molecule has 0 heterocycles. The quantitative estimate of drug-likeness (QED) is 0.820. The van der Waals surface area contributed by atoms with E-state index in [0.29, 0.717) is 18.4 Å². The van der Waals surface area contributed by atoms with Crippen LogP contribution >= 0.6 is 23.2 Å². The van der Waals surface area contributed by atoms with Crippen LogP contribution < -0.4 is 10.5 Å². The number of rotatable bonds is 4. The van der Waals surface area contributed by atoms with Gasteiger partial charge in [-0.3, -0.25) is 0 Å². The van der Waals surface area contributed by atoms with Crippen LogP contribution in [0.1, 0.15) is 25.7 Å². The van der Waals surface area contributed by atoms with Gasteiger partial charge in [0.2, 0.25) is 10.0 Å². The van der Waals surface area contributed by atoms with Crippen LogP contribution in [-0.4, -0.2) is 15.0 Å². The predicted molar refractivity (Wildman–Crippen MR) is 85.0 cm³/mol. The zero-order valence-electron chi connectivity index (χ0n) is 11.5. The molecule has 3 unspecified atom stereocenters. The number of halogens is 2. The monoisotopic (exact) mass is 348 g/mol. The molecule has 4 nitrogen and oxygen atoms in total. The Labute approximate surface area is 135 Å². The molecule has 0 amide bonds. The molecule has 7 heteroatoms. The molecule has 1 aromatic carbocycles. The second kappa shape index (κ2) is 5.61. The maximum absolute atomic E-state index is 12.4. The highest BCUT2D eigenvalue weighted by Crippen LogP contribution is 2.48. The molecule has 0 radical (unpaired) electrons. The molecule has 3 atom stereocenters. The largest absolute Gasteiger partial charge is 0.396 e. The first kappa shape index (κ1) is 15.4. The Kier molecular flexibility index (Phi) is 4.12. The molecule has 2 aliphatic rings. The summed E-state index contributed by atoms with van der Waals surface area (Å²) in [4.78, 5) is -0.00535. The maximum atomic E-state index is 12.4. The van der Waals surface area contributed by atoms with E-state index in [9.17, 15) is 8.42 Å². The van der Waals surface area contributed by atoms with Gasteiger partial charge in [0.05, 0.1) is 15.7 Å². The van der Waals surface area contributed by atoms with Gasteiger partial charge in [0.1, 0.15) is 4.90 Å². The van der Waals surface area contributed by atoms with Gasteiger partial charge in [0.15, 0.2) is 0 Å². The molecule has 3 rings (SSSR count). The number of hydrogen-bond donors (Lipinski definition) is 2. The number of nitrogens with two attached hydrogens (primary N) is 1. The molecule has 0 aliphatic heterocycles. The van der Waals surface area contributed by atoms with E-state index in [1.165, 1.54) is 31.4 Å². The van der Waals surface area contributed by atoms with Gasteiger partial charge in [0, 0.05) is 6.54 Å². The fraction of sp³-hybridized carbons (Fsp3) is 0.571. The van der Waals surface area contributed by atoms with Gasteiger partial charge in [0.25, 0.3) is 0 Å². The fourth-order valence-electron chi connectivity index (χ4n) is 3.68. The number of nitrogens with one attached hydrogen (secondary N) is 1. The van der Waals surface area contributed by atoms with Crippen LogP contribution in [0.2, 0.25) is 10.0 Å². The van der Waals surface area contributed by atoms with Crippen molar-refractivity contribution in [2.24, 2.45) is 17.8 Å². The van der Waals surface area contributed by atoms with Crippen molar-refractivity contribution in [2.75, 3.05) is 12.3 Å². The predicted octanol–water partition coefficient (Wildman–Crippen LogP) is 3.29. The third-order valence-corrected chi connectivity index (χ3v) is 7.12. The first-order valence-corrected chi connectivity index (χ1v) is 9.35. The highest BCUT2D eigenvalue weighted by molar-refractivity contribution is 7.89. The van der Waals surface area contributed by atoms with Crippen LogP contribution in [0.3, 0.4) is 0 Å². The standard InChI is InChI=1S/C14H18Cl2N2O2S/c15-11-3-4-12(13(16)14(11)17)21(19,20)18-7-10-6-8-1-2-9(10)5-8/h3-4,8-10,18H,1-2,5-7,17H2. The van der Waals surface area contributed by atoms with Crippen molar-refractivity contribution >= 4 is 38.9 Å². The third-order valence-electron chi connectivity index (χ3n) is 4.80. The Bertz CT molecular complexity index is 663. The first-order valence-electron chi connectivity index (χ1n) is 7.11. The molecule has 0 saturated heterocycles. The molecular formula is C14H18Cl2N2O2S. The number of fused-ring (bicyclic) bond motifs is 2. The zero-order chi connectivity index (χ0) is 15.2. The number of hydrogen-bond acceptors (Lipinski definition) is 3. The van der Waals surface area contributed by atoms with Crippen LogP contribution in [0.25, 0.3) is 0 Å². The summed E-state index contributed by atoms with van der Waals surface area (Å²) in [7, 11) is -3.66. The lowest BCUT2D eigenvalue weighted by Gasteiger charge is -2.22. The molecule has 2 aliphatic carbocycles. The minimum absolute atomic E-state index is 0.00535. The molecule has 2 bridgehead atoms. The third kappa shape index (κ3) is 2.89. The lowest BCUT2D eigenvalue weighted by Crippen LogP contribution is -2.31. The lowest BCUT2D eigenvalue weighted by molar-refractivity contribution is 0.333. The summed E-state index contributed by atoms with van der Waals surface area (Å²) in [5.74, 6) is 1.91. The van der Waals surface area contributed by atoms with Crippen LogP contribution in [0.4, 0.5) is 5.69 Å². The highest BCUT2D eigenvalue weighted by Gasteiger charge is 2.39. The normalized spacial score (nSPS) is 28.2. The van der Waals surface area contributed by atoms with Crippen LogP contribution in [0.15, 0.2) is 17.0 Å². The van der Waals surface area contributed by atoms with Gasteiger partial charge in [-0.2, -0.15) is 0 Å². The van der Waals surface area contributed by atoms with Crippen molar-refractivity contribution in [3.8, 4) is 0 Å². The summed E-state index contributed by atoms with van der Waals surface area (Å²) in [6.45, 7) is 0.475. The lowest BCUT2D eigenvalue weighted by atomic mass is 9.89. The van der Waals surface area contributed by atoms with Crippen LogP contribution in [-0.2, 0) is 10.0 Å². The molecule has 21 heavy (non-hydrogen) atoms. The van der Waals surface area contributed by atoms with E-state index >= 15 is 0 Å². The number of sulfonamides is 1. The summed E-state index contributed by atoms with van der Waals surface area (Å²) in [5, 5.41) is 0.245. The molecule has 3 N–H and O–H groups in total. The molecule has 2 saturated carbocycles. The van der Waals surface area contributed by atoms with Crippen molar-refractivity contribution < 1.29 is 8.42 Å². The summed E-state index contributed by atoms with van der Waals surface area (Å²) in [6.07, 6.45) is 4.91. The first-order chi connectivity index (χ1) is 9.88. The smallest absolute Gasteiger partial charge is 0.242 e. The minimum Gasteiger partial charge on any atom is -0.396 e. The Balaban J connectivity index is 1.74. The van der Waals surface area contributed by atoms with E-state index in [-0.39, 0.29) is 20.6 Å². The average molecular weight is 349 g/mol. The summed E-state index contributed by atoms with van der Waals surface area (Å²) >= 11 is 11.8. The number of anilines is 1. The minimum atomic E-state index is -3.66. The fourth-order valence-corrected chi connectivity index (χ4v) is 5.54. The van der Waals surface area contributed by atoms with E-state index in [0.717, 1.165) is 12.3 Å². The molecule has 1 aromatic rings. The molecule has 0 spiro atoms.